The molecule has 0 spiro atoms. The van der Waals surface area contributed by atoms with Crippen molar-refractivity contribution in [2.24, 2.45) is 0 Å². The lowest BCUT2D eigenvalue weighted by Gasteiger charge is -2.11. The van der Waals surface area contributed by atoms with Gasteiger partial charge in [-0.2, -0.15) is 0 Å². The maximum atomic E-state index is 5.73. The average Bonchev–Trinajstić information content (AvgIpc) is 2.48. The third-order valence-electron chi connectivity index (χ3n) is 2.32. The van der Waals surface area contributed by atoms with Crippen LogP contribution in [0.25, 0.3) is 0 Å². The molecule has 1 heterocycles. The second-order valence-electron chi connectivity index (χ2n) is 3.37. The van der Waals surface area contributed by atoms with Gasteiger partial charge in [-0.3, -0.25) is 0 Å². The summed E-state index contributed by atoms with van der Waals surface area (Å²) in [5.74, 6) is 0.585. The molecule has 4 nitrogen and oxygen atoms in total. The summed E-state index contributed by atoms with van der Waals surface area (Å²) in [7, 11) is 0. The van der Waals surface area contributed by atoms with E-state index >= 15 is 0 Å². The van der Waals surface area contributed by atoms with Gasteiger partial charge in [-0.15, -0.1) is 5.10 Å². The Kier molecular flexibility index (Phi) is 3.28. The largest absolute Gasteiger partial charge is 0.381 e. The van der Waals surface area contributed by atoms with Crippen molar-refractivity contribution in [2.75, 3.05) is 5.73 Å². The lowest BCUT2D eigenvalue weighted by molar-refractivity contribution is 0.447. The standard InChI is InChI=1S/C9H18N4/c1-4-6-8-9(10)11-12-13(8)7(3)5-2/h7H,4-6,10H2,1-3H3. The number of hydrogen-bond donors (Lipinski definition) is 1. The van der Waals surface area contributed by atoms with Crippen molar-refractivity contribution in [3.05, 3.63) is 5.69 Å². The molecule has 2 N–H and O–H groups in total. The molecule has 1 aromatic heterocycles. The normalized spacial score (nSPS) is 13.2. The van der Waals surface area contributed by atoms with Crippen LogP contribution in [0.15, 0.2) is 0 Å². The zero-order chi connectivity index (χ0) is 9.84. The highest BCUT2D eigenvalue weighted by Gasteiger charge is 2.12. The van der Waals surface area contributed by atoms with E-state index in [4.69, 9.17) is 5.73 Å². The molecule has 0 saturated carbocycles. The number of nitrogen functional groups attached to an aromatic ring is 1. The summed E-state index contributed by atoms with van der Waals surface area (Å²) in [6.45, 7) is 6.40. The number of anilines is 1. The van der Waals surface area contributed by atoms with E-state index < -0.39 is 0 Å². The predicted octanol–water partition coefficient (Wildman–Crippen LogP) is 1.78. The first kappa shape index (κ1) is 10.0. The molecule has 13 heavy (non-hydrogen) atoms. The van der Waals surface area contributed by atoms with Crippen molar-refractivity contribution < 1.29 is 0 Å². The van der Waals surface area contributed by atoms with Crippen molar-refractivity contribution in [3.63, 3.8) is 0 Å². The topological polar surface area (TPSA) is 56.7 Å². The molecule has 0 bridgehead atoms. The molecule has 0 amide bonds. The van der Waals surface area contributed by atoms with Crippen LogP contribution < -0.4 is 5.73 Å². The first-order valence-corrected chi connectivity index (χ1v) is 4.90. The summed E-state index contributed by atoms with van der Waals surface area (Å²) in [4.78, 5) is 0. The smallest absolute Gasteiger partial charge is 0.169 e. The van der Waals surface area contributed by atoms with Crippen LogP contribution in [0.5, 0.6) is 0 Å². The zero-order valence-corrected chi connectivity index (χ0v) is 8.62. The Morgan fingerprint density at radius 1 is 1.46 bits per heavy atom. The fraction of sp³-hybridized carbons (Fsp3) is 0.778. The molecule has 0 aliphatic carbocycles. The van der Waals surface area contributed by atoms with E-state index in [0.29, 0.717) is 11.9 Å². The number of aromatic nitrogens is 3. The molecular weight excluding hydrogens is 164 g/mol. The highest BCUT2D eigenvalue weighted by Crippen LogP contribution is 2.17. The maximum Gasteiger partial charge on any atom is 0.169 e. The van der Waals surface area contributed by atoms with Gasteiger partial charge < -0.3 is 5.73 Å². The van der Waals surface area contributed by atoms with Crippen molar-refractivity contribution in [1.82, 2.24) is 15.0 Å². The molecule has 0 aliphatic heterocycles. The minimum absolute atomic E-state index is 0.395. The van der Waals surface area contributed by atoms with Gasteiger partial charge in [0.05, 0.1) is 11.7 Å². The van der Waals surface area contributed by atoms with Gasteiger partial charge in [0, 0.05) is 0 Å². The van der Waals surface area contributed by atoms with Crippen molar-refractivity contribution in [2.45, 2.75) is 46.1 Å². The van der Waals surface area contributed by atoms with E-state index in [9.17, 15) is 0 Å². The molecule has 4 heteroatoms. The van der Waals surface area contributed by atoms with Crippen LogP contribution in [-0.4, -0.2) is 15.0 Å². The first-order valence-electron chi connectivity index (χ1n) is 4.90. The number of nitrogens with two attached hydrogens (primary N) is 1. The summed E-state index contributed by atoms with van der Waals surface area (Å²) < 4.78 is 1.94. The SMILES string of the molecule is CCCc1c(N)nnn1C(C)CC. The summed E-state index contributed by atoms with van der Waals surface area (Å²) in [6.07, 6.45) is 3.09. The second-order valence-corrected chi connectivity index (χ2v) is 3.37. The van der Waals surface area contributed by atoms with Gasteiger partial charge in [-0.1, -0.05) is 25.5 Å². The Balaban J connectivity index is 2.92. The van der Waals surface area contributed by atoms with Gasteiger partial charge >= 0.3 is 0 Å². The summed E-state index contributed by atoms with van der Waals surface area (Å²) >= 11 is 0. The summed E-state index contributed by atoms with van der Waals surface area (Å²) in [5.41, 5.74) is 6.81. The molecule has 0 aromatic carbocycles. The van der Waals surface area contributed by atoms with Gasteiger partial charge in [0.1, 0.15) is 0 Å². The molecule has 1 rings (SSSR count). The predicted molar refractivity (Wildman–Crippen MR) is 53.4 cm³/mol. The lowest BCUT2D eigenvalue weighted by Crippen LogP contribution is -2.10. The number of rotatable bonds is 4. The number of hydrogen-bond acceptors (Lipinski definition) is 3. The van der Waals surface area contributed by atoms with Crippen LogP contribution in [0.2, 0.25) is 0 Å². The lowest BCUT2D eigenvalue weighted by atomic mass is 10.2. The third-order valence-corrected chi connectivity index (χ3v) is 2.32. The molecular formula is C9H18N4. The Morgan fingerprint density at radius 2 is 2.15 bits per heavy atom. The Labute approximate surface area is 79.1 Å². The van der Waals surface area contributed by atoms with Crippen molar-refractivity contribution >= 4 is 5.82 Å². The highest BCUT2D eigenvalue weighted by molar-refractivity contribution is 5.33. The number of nitrogens with zero attached hydrogens (tertiary/aromatic N) is 3. The van der Waals surface area contributed by atoms with E-state index in [0.717, 1.165) is 25.0 Å². The average molecular weight is 182 g/mol. The third kappa shape index (κ3) is 1.99. The monoisotopic (exact) mass is 182 g/mol. The molecule has 1 atom stereocenters. The van der Waals surface area contributed by atoms with Gasteiger partial charge in [0.25, 0.3) is 0 Å². The van der Waals surface area contributed by atoms with Crippen molar-refractivity contribution in [3.8, 4) is 0 Å². The summed E-state index contributed by atoms with van der Waals surface area (Å²) in [5, 5.41) is 7.94. The second kappa shape index (κ2) is 4.25. The van der Waals surface area contributed by atoms with Gasteiger partial charge in [-0.25, -0.2) is 4.68 Å². The molecule has 0 fully saturated rings. The van der Waals surface area contributed by atoms with E-state index in [1.807, 2.05) is 4.68 Å². The van der Waals surface area contributed by atoms with Crippen molar-refractivity contribution in [1.29, 1.82) is 0 Å². The van der Waals surface area contributed by atoms with E-state index in [-0.39, 0.29) is 0 Å². The van der Waals surface area contributed by atoms with Gasteiger partial charge in [-0.05, 0) is 19.8 Å². The van der Waals surface area contributed by atoms with Crippen LogP contribution in [-0.2, 0) is 6.42 Å². The van der Waals surface area contributed by atoms with Crippen LogP contribution in [0.4, 0.5) is 5.82 Å². The van der Waals surface area contributed by atoms with E-state index in [1.165, 1.54) is 0 Å². The van der Waals surface area contributed by atoms with E-state index in [2.05, 4.69) is 31.1 Å². The Hall–Kier alpha value is -1.06. The fourth-order valence-corrected chi connectivity index (χ4v) is 1.33. The van der Waals surface area contributed by atoms with Crippen LogP contribution in [0.3, 0.4) is 0 Å². The summed E-state index contributed by atoms with van der Waals surface area (Å²) in [6, 6.07) is 0.395. The van der Waals surface area contributed by atoms with Gasteiger partial charge in [0.15, 0.2) is 5.82 Å². The maximum absolute atomic E-state index is 5.73. The fourth-order valence-electron chi connectivity index (χ4n) is 1.33. The highest BCUT2D eigenvalue weighted by atomic mass is 15.5. The van der Waals surface area contributed by atoms with Crippen LogP contribution in [0.1, 0.15) is 45.3 Å². The zero-order valence-electron chi connectivity index (χ0n) is 8.62. The van der Waals surface area contributed by atoms with E-state index in [1.54, 1.807) is 0 Å². The molecule has 0 saturated heterocycles. The molecule has 0 radical (unpaired) electrons. The van der Waals surface area contributed by atoms with Crippen LogP contribution >= 0.6 is 0 Å². The minimum Gasteiger partial charge on any atom is -0.381 e. The Bertz CT molecular complexity index is 267. The van der Waals surface area contributed by atoms with Gasteiger partial charge in [0.2, 0.25) is 0 Å². The Morgan fingerprint density at radius 3 is 2.69 bits per heavy atom. The minimum atomic E-state index is 0.395. The molecule has 0 aliphatic rings. The van der Waals surface area contributed by atoms with Crippen LogP contribution in [0, 0.1) is 0 Å². The molecule has 1 aromatic rings. The quantitative estimate of drug-likeness (QED) is 0.772. The molecule has 74 valence electrons. The first-order chi connectivity index (χ1) is 6.20. The molecule has 1 unspecified atom stereocenters.